The van der Waals surface area contributed by atoms with Gasteiger partial charge >= 0.3 is 5.97 Å². The van der Waals surface area contributed by atoms with Crippen LogP contribution in [0.4, 0.5) is 0 Å². The molecule has 0 radical (unpaired) electrons. The van der Waals surface area contributed by atoms with E-state index in [9.17, 15) is 19.8 Å². The summed E-state index contributed by atoms with van der Waals surface area (Å²) in [6.07, 6.45) is 3.25. The number of aliphatic hydroxyl groups is 2. The number of rotatable bonds is 3. The smallest absolute Gasteiger partial charge is 0.309 e. The van der Waals surface area contributed by atoms with Crippen LogP contribution >= 0.6 is 22.9 Å². The van der Waals surface area contributed by atoms with Crippen LogP contribution in [0.3, 0.4) is 0 Å². The molecular weight excluding hydrogens is 488 g/mol. The number of nitrogens with two attached hydrogens (primary N) is 1. The number of Topliss-reactive ketones (excluding diaryl/α,β-unsaturated/α-hetero) is 1. The lowest BCUT2D eigenvalue weighted by atomic mass is 9.73. The number of esters is 1. The van der Waals surface area contributed by atoms with Crippen molar-refractivity contribution >= 4 is 40.8 Å². The molecule has 196 valence electrons. The molecule has 0 amide bonds. The van der Waals surface area contributed by atoms with Crippen LogP contribution in [0, 0.1) is 17.3 Å². The highest BCUT2D eigenvalue weighted by atomic mass is 35.5. The summed E-state index contributed by atoms with van der Waals surface area (Å²) < 4.78 is 5.68. The van der Waals surface area contributed by atoms with Crippen molar-refractivity contribution in [2.24, 2.45) is 23.0 Å². The van der Waals surface area contributed by atoms with Crippen molar-refractivity contribution in [2.75, 3.05) is 0 Å². The summed E-state index contributed by atoms with van der Waals surface area (Å²) in [5, 5.41) is 24.5. The van der Waals surface area contributed by atoms with Gasteiger partial charge in [-0.3, -0.25) is 9.59 Å². The van der Waals surface area contributed by atoms with E-state index in [-0.39, 0.29) is 18.1 Å². The van der Waals surface area contributed by atoms with Gasteiger partial charge in [-0.15, -0.1) is 11.3 Å². The van der Waals surface area contributed by atoms with E-state index < -0.39 is 35.6 Å². The van der Waals surface area contributed by atoms with E-state index in [0.29, 0.717) is 23.7 Å². The lowest BCUT2D eigenvalue weighted by Gasteiger charge is -2.34. The number of thiazole rings is 1. The Labute approximate surface area is 217 Å². The highest BCUT2D eigenvalue weighted by Gasteiger charge is 2.42. The predicted molar refractivity (Wildman–Crippen MR) is 140 cm³/mol. The van der Waals surface area contributed by atoms with Gasteiger partial charge in [-0.25, -0.2) is 4.98 Å². The van der Waals surface area contributed by atoms with Crippen molar-refractivity contribution in [3.05, 3.63) is 32.8 Å². The Hall–Kier alpha value is -1.58. The molecule has 9 heteroatoms. The number of hydrogen-bond acceptors (Lipinski definition) is 8. The zero-order valence-electron chi connectivity index (χ0n) is 21.3. The molecule has 5 atom stereocenters. The topological polar surface area (TPSA) is 123 Å². The number of halogens is 1. The average Bonchev–Trinajstić information content (AvgIpc) is 3.26. The number of aromatic nitrogens is 1. The summed E-state index contributed by atoms with van der Waals surface area (Å²) in [6.45, 7) is 9.15. The highest BCUT2D eigenvalue weighted by Crippen LogP contribution is 2.32. The van der Waals surface area contributed by atoms with Gasteiger partial charge in [0.05, 0.1) is 34.8 Å². The maximum atomic E-state index is 13.2. The van der Waals surface area contributed by atoms with Gasteiger partial charge in [-0.2, -0.15) is 0 Å². The Kier molecular flexibility index (Phi) is 11.1. The number of allylic oxidation sites excluding steroid dienone is 1. The van der Waals surface area contributed by atoms with Gasteiger partial charge in [-0.05, 0) is 38.2 Å². The van der Waals surface area contributed by atoms with Gasteiger partial charge < -0.3 is 20.7 Å². The molecule has 0 aromatic carbocycles. The number of ether oxygens (including phenoxy) is 1. The van der Waals surface area contributed by atoms with Crippen LogP contribution in [-0.4, -0.2) is 45.3 Å². The summed E-state index contributed by atoms with van der Waals surface area (Å²) >= 11 is 8.00. The molecule has 0 aliphatic carbocycles. The van der Waals surface area contributed by atoms with Gasteiger partial charge in [0.2, 0.25) is 0 Å². The molecule has 7 nitrogen and oxygen atoms in total. The molecule has 0 saturated heterocycles. The fourth-order valence-electron chi connectivity index (χ4n) is 4.24. The summed E-state index contributed by atoms with van der Waals surface area (Å²) in [7, 11) is 0. The Balaban J connectivity index is 2.33. The van der Waals surface area contributed by atoms with Crippen molar-refractivity contribution < 1.29 is 24.5 Å². The van der Waals surface area contributed by atoms with Crippen LogP contribution in [0.25, 0.3) is 6.08 Å². The first-order valence-electron chi connectivity index (χ1n) is 12.1. The van der Waals surface area contributed by atoms with E-state index in [1.807, 2.05) is 25.3 Å². The normalized spacial score (nSPS) is 30.0. The molecule has 1 aliphatic heterocycles. The Morgan fingerprint density at radius 2 is 2.03 bits per heavy atom. The first-order valence-corrected chi connectivity index (χ1v) is 13.4. The number of carbonyl (C=O) groups is 2. The molecule has 2 heterocycles. The molecule has 35 heavy (non-hydrogen) atoms. The molecule has 1 aliphatic rings. The zero-order chi connectivity index (χ0) is 26.3. The molecule has 2 rings (SSSR count). The first-order chi connectivity index (χ1) is 16.4. The number of cyclic esters (lactones) is 1. The van der Waals surface area contributed by atoms with Crippen molar-refractivity contribution in [2.45, 2.75) is 91.6 Å². The second kappa shape index (κ2) is 13.1. The van der Waals surface area contributed by atoms with E-state index in [0.717, 1.165) is 29.8 Å². The minimum absolute atomic E-state index is 0.0748. The Morgan fingerprint density at radius 3 is 2.66 bits per heavy atom. The van der Waals surface area contributed by atoms with Gasteiger partial charge in [0.1, 0.15) is 16.9 Å². The Morgan fingerprint density at radius 1 is 1.34 bits per heavy atom. The molecule has 0 saturated carbocycles. The number of hydrogen-bond donors (Lipinski definition) is 3. The SMILES string of the molecule is CC1=CC[C@@H](C(Cl)=Cc2csc(CN)n2)OC(=O)C[C@H](O)C(C)(C)C(=O)[C@H](C)[C@@H](O)[C@@H](C)CCC1. The summed E-state index contributed by atoms with van der Waals surface area (Å²) in [6, 6.07) is 0. The summed E-state index contributed by atoms with van der Waals surface area (Å²) in [5.41, 5.74) is 6.16. The van der Waals surface area contributed by atoms with Crippen molar-refractivity contribution in [3.63, 3.8) is 0 Å². The quantitative estimate of drug-likeness (QED) is 0.388. The number of carbonyl (C=O) groups excluding carboxylic acids is 2. The average molecular weight is 527 g/mol. The largest absolute Gasteiger partial charge is 0.456 e. The summed E-state index contributed by atoms with van der Waals surface area (Å²) in [5.74, 6) is -1.68. The van der Waals surface area contributed by atoms with Crippen LogP contribution in [0.15, 0.2) is 22.1 Å². The molecular formula is C26H39ClN2O5S. The third-order valence-electron chi connectivity index (χ3n) is 6.86. The van der Waals surface area contributed by atoms with Crippen molar-refractivity contribution in [3.8, 4) is 0 Å². The van der Waals surface area contributed by atoms with Crippen LogP contribution in [0.2, 0.25) is 0 Å². The minimum atomic E-state index is -1.27. The van der Waals surface area contributed by atoms with Crippen LogP contribution in [0.5, 0.6) is 0 Å². The maximum Gasteiger partial charge on any atom is 0.309 e. The third-order valence-corrected chi connectivity index (χ3v) is 8.10. The second-order valence-electron chi connectivity index (χ2n) is 10.1. The number of ketones is 1. The minimum Gasteiger partial charge on any atom is -0.456 e. The molecule has 0 fully saturated rings. The maximum absolute atomic E-state index is 13.2. The van der Waals surface area contributed by atoms with Crippen LogP contribution in [-0.2, 0) is 20.9 Å². The molecule has 1 aromatic rings. The molecule has 0 unspecified atom stereocenters. The van der Waals surface area contributed by atoms with Gasteiger partial charge in [-0.1, -0.05) is 50.9 Å². The van der Waals surface area contributed by atoms with E-state index in [1.165, 1.54) is 11.3 Å². The lowest BCUT2D eigenvalue weighted by Crippen LogP contribution is -2.45. The second-order valence-corrected chi connectivity index (χ2v) is 11.5. The van der Waals surface area contributed by atoms with E-state index in [1.54, 1.807) is 26.8 Å². The first kappa shape index (κ1) is 29.6. The van der Waals surface area contributed by atoms with Crippen molar-refractivity contribution in [1.82, 2.24) is 4.98 Å². The van der Waals surface area contributed by atoms with Crippen molar-refractivity contribution in [1.29, 1.82) is 0 Å². The third kappa shape index (κ3) is 8.22. The van der Waals surface area contributed by atoms with Crippen LogP contribution in [0.1, 0.15) is 77.4 Å². The zero-order valence-corrected chi connectivity index (χ0v) is 22.9. The summed E-state index contributed by atoms with van der Waals surface area (Å²) in [4.78, 5) is 30.3. The standard InChI is InChI=1S/C26H39ClN2O5S/c1-15-7-6-8-16(2)24(32)17(3)25(33)26(4,5)21(30)12-23(31)34-20(10-9-15)19(27)11-18-14-35-22(13-28)29-18/h9,11,14,16-17,20-21,24,30,32H,6-8,10,12-13,28H2,1-5H3/t16-,17+,20-,21-,24-/m0/s1. The molecule has 4 N–H and O–H groups in total. The van der Waals surface area contributed by atoms with Gasteiger partial charge in [0.25, 0.3) is 0 Å². The molecule has 0 spiro atoms. The fraction of sp³-hybridized carbons (Fsp3) is 0.654. The highest BCUT2D eigenvalue weighted by molar-refractivity contribution is 7.09. The lowest BCUT2D eigenvalue weighted by molar-refractivity contribution is -0.153. The van der Waals surface area contributed by atoms with E-state index in [2.05, 4.69) is 4.98 Å². The number of nitrogens with zero attached hydrogens (tertiary/aromatic N) is 1. The monoisotopic (exact) mass is 526 g/mol. The molecule has 1 aromatic heterocycles. The van der Waals surface area contributed by atoms with Gasteiger partial charge in [0, 0.05) is 24.3 Å². The van der Waals surface area contributed by atoms with E-state index in [4.69, 9.17) is 22.1 Å². The fourth-order valence-corrected chi connectivity index (χ4v) is 5.12. The molecule has 0 bridgehead atoms. The van der Waals surface area contributed by atoms with E-state index >= 15 is 0 Å². The number of aliphatic hydroxyl groups excluding tert-OH is 2. The predicted octanol–water partition coefficient (Wildman–Crippen LogP) is 4.59. The Bertz CT molecular complexity index is 942. The van der Waals surface area contributed by atoms with Gasteiger partial charge in [0.15, 0.2) is 0 Å². The van der Waals surface area contributed by atoms with Crippen LogP contribution < -0.4 is 5.73 Å².